The van der Waals surface area contributed by atoms with Crippen LogP contribution in [0.5, 0.6) is 0 Å². The summed E-state index contributed by atoms with van der Waals surface area (Å²) in [7, 11) is -3.88. The second kappa shape index (κ2) is 10.1. The van der Waals surface area contributed by atoms with Crippen molar-refractivity contribution in [1.82, 2.24) is 4.90 Å². The molecule has 0 saturated carbocycles. The highest BCUT2D eigenvalue weighted by Crippen LogP contribution is 2.40. The van der Waals surface area contributed by atoms with E-state index >= 15 is 0 Å². The highest BCUT2D eigenvalue weighted by atomic mass is 28.4. The minimum atomic E-state index is -2.00. The van der Waals surface area contributed by atoms with E-state index in [9.17, 15) is 9.90 Å². The number of hydrogen-bond donors (Lipinski definition) is 1. The number of hydrogen-bond acceptors (Lipinski definition) is 5. The Bertz CT molecular complexity index is 632. The van der Waals surface area contributed by atoms with Gasteiger partial charge in [0.2, 0.25) is 0 Å². The van der Waals surface area contributed by atoms with Crippen LogP contribution in [0.15, 0.2) is 0 Å². The Morgan fingerprint density at radius 3 is 1.91 bits per heavy atom. The first-order valence-electron chi connectivity index (χ1n) is 12.1. The van der Waals surface area contributed by atoms with Crippen molar-refractivity contribution in [2.24, 2.45) is 0 Å². The molecule has 1 aliphatic heterocycles. The molecule has 1 saturated heterocycles. The number of ether oxygens (including phenoxy) is 1. The van der Waals surface area contributed by atoms with Gasteiger partial charge < -0.3 is 18.7 Å². The molecule has 0 radical (unpaired) electrons. The molecule has 190 valence electrons. The van der Waals surface area contributed by atoms with Crippen molar-refractivity contribution in [3.63, 3.8) is 0 Å². The predicted molar refractivity (Wildman–Crippen MR) is 137 cm³/mol. The summed E-state index contributed by atoms with van der Waals surface area (Å²) >= 11 is 0. The lowest BCUT2D eigenvalue weighted by Crippen LogP contribution is -2.46. The third kappa shape index (κ3) is 8.11. The average Bonchev–Trinajstić information content (AvgIpc) is 2.94. The maximum atomic E-state index is 13.0. The van der Waals surface area contributed by atoms with E-state index in [-0.39, 0.29) is 28.3 Å². The summed E-state index contributed by atoms with van der Waals surface area (Å²) in [5, 5.41) is 11.3. The molecule has 1 heterocycles. The topological polar surface area (TPSA) is 68.2 Å². The second-order valence-electron chi connectivity index (χ2n) is 13.4. The Labute approximate surface area is 199 Å². The van der Waals surface area contributed by atoms with Gasteiger partial charge in [-0.05, 0) is 69.9 Å². The van der Waals surface area contributed by atoms with E-state index in [1.807, 2.05) is 20.8 Å². The summed E-state index contributed by atoms with van der Waals surface area (Å²) in [6.45, 7) is 28.7. The van der Waals surface area contributed by atoms with Gasteiger partial charge in [-0.3, -0.25) is 4.90 Å². The molecule has 0 aliphatic carbocycles. The van der Waals surface area contributed by atoms with Crippen molar-refractivity contribution < 1.29 is 23.5 Å². The number of amides is 1. The molecule has 1 fully saturated rings. The van der Waals surface area contributed by atoms with Gasteiger partial charge in [0.15, 0.2) is 16.6 Å². The Balaban J connectivity index is 2.93. The Hall–Kier alpha value is -0.416. The van der Waals surface area contributed by atoms with Gasteiger partial charge in [0, 0.05) is 13.2 Å². The molecule has 0 bridgehead atoms. The van der Waals surface area contributed by atoms with Crippen LogP contribution in [-0.4, -0.2) is 69.7 Å². The van der Waals surface area contributed by atoms with Crippen molar-refractivity contribution in [2.75, 3.05) is 13.2 Å². The van der Waals surface area contributed by atoms with Gasteiger partial charge in [0.05, 0.1) is 18.2 Å². The van der Waals surface area contributed by atoms with Crippen molar-refractivity contribution in [3.05, 3.63) is 0 Å². The number of nitrogens with zero attached hydrogens (tertiary/aromatic N) is 1. The molecule has 0 unspecified atom stereocenters. The number of carbonyl (C=O) groups is 1. The first-order chi connectivity index (χ1) is 14.1. The fraction of sp³-hybridized carbons (Fsp3) is 0.958. The third-order valence-corrected chi connectivity index (χ3v) is 16.4. The van der Waals surface area contributed by atoms with Crippen molar-refractivity contribution in [2.45, 2.75) is 135 Å². The van der Waals surface area contributed by atoms with Crippen molar-refractivity contribution in [3.8, 4) is 0 Å². The van der Waals surface area contributed by atoms with Crippen LogP contribution in [0, 0.1) is 0 Å². The van der Waals surface area contributed by atoms with Crippen LogP contribution < -0.4 is 0 Å². The molecule has 0 aromatic heterocycles. The zero-order valence-electron chi connectivity index (χ0n) is 23.1. The van der Waals surface area contributed by atoms with Gasteiger partial charge in [-0.15, -0.1) is 0 Å². The van der Waals surface area contributed by atoms with Crippen LogP contribution in [-0.2, 0) is 13.6 Å². The summed E-state index contributed by atoms with van der Waals surface area (Å²) in [6, 6.07) is -0.331. The summed E-state index contributed by atoms with van der Waals surface area (Å²) in [5.74, 6) is 0. The van der Waals surface area contributed by atoms with E-state index in [0.717, 1.165) is 0 Å². The zero-order valence-corrected chi connectivity index (χ0v) is 25.1. The second-order valence-corrected chi connectivity index (χ2v) is 23.0. The lowest BCUT2D eigenvalue weighted by Gasteiger charge is -2.38. The van der Waals surface area contributed by atoms with Gasteiger partial charge in [0.1, 0.15) is 5.60 Å². The van der Waals surface area contributed by atoms with E-state index in [4.69, 9.17) is 13.6 Å². The molecule has 1 rings (SSSR count). The zero-order chi connectivity index (χ0) is 25.3. The number of carbonyl (C=O) groups excluding carboxylic acids is 1. The quantitative estimate of drug-likeness (QED) is 0.434. The van der Waals surface area contributed by atoms with Gasteiger partial charge in [-0.2, -0.15) is 0 Å². The lowest BCUT2D eigenvalue weighted by atomic mass is 10.1. The number of likely N-dealkylation sites (tertiary alicyclic amines) is 1. The van der Waals surface area contributed by atoms with Crippen LogP contribution in [0.25, 0.3) is 0 Å². The van der Waals surface area contributed by atoms with Crippen LogP contribution in [0.3, 0.4) is 0 Å². The van der Waals surface area contributed by atoms with E-state index in [1.54, 1.807) is 4.90 Å². The van der Waals surface area contributed by atoms with Crippen molar-refractivity contribution >= 4 is 22.7 Å². The average molecular weight is 490 g/mol. The number of aliphatic hydroxyl groups is 1. The summed E-state index contributed by atoms with van der Waals surface area (Å²) in [4.78, 5) is 14.7. The first kappa shape index (κ1) is 29.6. The monoisotopic (exact) mass is 489 g/mol. The molecule has 1 amide bonds. The maximum absolute atomic E-state index is 13.0. The molecule has 1 N–H and O–H groups in total. The molecule has 6 nitrogen and oxygen atoms in total. The van der Waals surface area contributed by atoms with E-state index < -0.39 is 28.3 Å². The van der Waals surface area contributed by atoms with Gasteiger partial charge in [-0.1, -0.05) is 41.5 Å². The molecule has 8 heteroatoms. The fourth-order valence-electron chi connectivity index (χ4n) is 3.24. The smallest absolute Gasteiger partial charge is 0.410 e. The Morgan fingerprint density at radius 1 is 0.969 bits per heavy atom. The summed E-state index contributed by atoms with van der Waals surface area (Å²) in [6.07, 6.45) is -0.0473. The molecule has 0 aromatic rings. The number of aliphatic hydroxyl groups excluding tert-OH is 1. The van der Waals surface area contributed by atoms with Crippen molar-refractivity contribution in [1.29, 1.82) is 0 Å². The largest absolute Gasteiger partial charge is 0.444 e. The molecule has 32 heavy (non-hydrogen) atoms. The minimum Gasteiger partial charge on any atom is -0.444 e. The third-order valence-electron chi connectivity index (χ3n) is 7.33. The summed E-state index contributed by atoms with van der Waals surface area (Å²) < 4.78 is 18.5. The van der Waals surface area contributed by atoms with E-state index in [0.29, 0.717) is 26.0 Å². The SMILES string of the molecule is CC(C)(C)OC(=O)N1C[C@H](O[Si](C)(C)C(C)(C)C)C[C@H]1[C@@H](O)CCO[Si](C)(C)C(C)(C)C. The number of rotatable bonds is 7. The molecule has 3 atom stereocenters. The van der Waals surface area contributed by atoms with Gasteiger partial charge in [-0.25, -0.2) is 4.79 Å². The first-order valence-corrected chi connectivity index (χ1v) is 17.9. The van der Waals surface area contributed by atoms with Gasteiger partial charge in [0.25, 0.3) is 0 Å². The molecule has 1 aliphatic rings. The Kier molecular flexibility index (Phi) is 9.31. The van der Waals surface area contributed by atoms with Gasteiger partial charge >= 0.3 is 6.09 Å². The molecular weight excluding hydrogens is 438 g/mol. The van der Waals surface area contributed by atoms with E-state index in [2.05, 4.69) is 67.7 Å². The Morgan fingerprint density at radius 2 is 1.47 bits per heavy atom. The summed E-state index contributed by atoms with van der Waals surface area (Å²) in [5.41, 5.74) is -0.587. The van der Waals surface area contributed by atoms with Crippen LogP contribution >= 0.6 is 0 Å². The minimum absolute atomic E-state index is 0.0808. The highest BCUT2D eigenvalue weighted by Gasteiger charge is 2.46. The fourth-order valence-corrected chi connectivity index (χ4v) is 5.66. The lowest BCUT2D eigenvalue weighted by molar-refractivity contribution is 0.00116. The van der Waals surface area contributed by atoms with E-state index in [1.165, 1.54) is 0 Å². The molecule has 0 spiro atoms. The molecular formula is C24H51NO5Si2. The highest BCUT2D eigenvalue weighted by molar-refractivity contribution is 6.74. The normalized spacial score (nSPS) is 22.2. The van der Waals surface area contributed by atoms with Crippen LogP contribution in [0.2, 0.25) is 36.3 Å². The maximum Gasteiger partial charge on any atom is 0.410 e. The molecule has 0 aromatic carbocycles. The predicted octanol–water partition coefficient (Wildman–Crippen LogP) is 6.16. The van der Waals surface area contributed by atoms with Crippen LogP contribution in [0.4, 0.5) is 4.79 Å². The van der Waals surface area contributed by atoms with Crippen LogP contribution in [0.1, 0.15) is 75.2 Å². The standard InChI is InChI=1S/C24H51NO5Si2/c1-22(2,3)29-21(27)25-17-18(30-32(12,13)24(7,8)9)16-19(25)20(26)14-15-28-31(10,11)23(4,5)6/h18-20,26H,14-17H2,1-13H3/t18-,19+,20+/m1/s1.